The van der Waals surface area contributed by atoms with Gasteiger partial charge in [0.15, 0.2) is 0 Å². The molecule has 2 fully saturated rings. The molecule has 47 heavy (non-hydrogen) atoms. The quantitative estimate of drug-likeness (QED) is 0.310. The Balaban J connectivity index is 1.11. The lowest BCUT2D eigenvalue weighted by Crippen LogP contribution is -2.53. The molecule has 10 heteroatoms. The fourth-order valence-electron chi connectivity index (χ4n) is 7.67. The van der Waals surface area contributed by atoms with Crippen molar-refractivity contribution in [2.24, 2.45) is 5.92 Å². The van der Waals surface area contributed by atoms with Crippen LogP contribution < -0.4 is 10.6 Å². The van der Waals surface area contributed by atoms with Crippen molar-refractivity contribution < 1.29 is 33.8 Å². The zero-order valence-corrected chi connectivity index (χ0v) is 26.8. The van der Waals surface area contributed by atoms with Crippen molar-refractivity contribution in [1.82, 2.24) is 15.5 Å². The zero-order chi connectivity index (χ0) is 32.8. The van der Waals surface area contributed by atoms with Crippen molar-refractivity contribution in [3.8, 4) is 11.1 Å². The smallest absolute Gasteiger partial charge is 0.407 e. The Hall–Kier alpha value is -4.18. The van der Waals surface area contributed by atoms with Gasteiger partial charge in [0, 0.05) is 18.9 Å². The second-order valence-corrected chi connectivity index (χ2v) is 13.4. The number of rotatable bonds is 6. The Morgan fingerprint density at radius 3 is 2.38 bits per heavy atom. The van der Waals surface area contributed by atoms with Gasteiger partial charge < -0.3 is 30.1 Å². The summed E-state index contributed by atoms with van der Waals surface area (Å²) in [7, 11) is 0. The summed E-state index contributed by atoms with van der Waals surface area (Å²) in [5, 5.41) is 15.6. The standard InChI is InChI=1S/C37H45N3O7/c41-22-26-12-10-20-40(26)33(42)21-25-11-2-1-3-17-32(35(44)47-24-37(39-34(25)43)18-8-9-19-37)38-36(45)46-23-31-29-15-6-4-13-27(29)28-14-5-7-16-30(28)31/h1-2,4-7,13-16,25-26,31-32,41H,3,8-12,17-24H2,(H,38,45)(H,39,43). The number of amides is 3. The highest BCUT2D eigenvalue weighted by atomic mass is 16.6. The number of carbonyl (C=O) groups excluding carboxylic acids is 4. The molecule has 2 heterocycles. The molecule has 2 aromatic carbocycles. The van der Waals surface area contributed by atoms with Crippen LogP contribution in [0.2, 0.25) is 0 Å². The average molecular weight is 644 g/mol. The molecular weight excluding hydrogens is 598 g/mol. The molecule has 3 N–H and O–H groups in total. The van der Waals surface area contributed by atoms with Gasteiger partial charge in [-0.3, -0.25) is 9.59 Å². The number of hydrogen-bond donors (Lipinski definition) is 3. The highest BCUT2D eigenvalue weighted by molar-refractivity contribution is 5.87. The molecule has 2 aromatic rings. The van der Waals surface area contributed by atoms with E-state index in [1.54, 1.807) is 4.90 Å². The lowest BCUT2D eigenvalue weighted by Gasteiger charge is -2.32. The Labute approximate surface area is 275 Å². The maximum Gasteiger partial charge on any atom is 0.407 e. The number of cyclic esters (lactones) is 1. The van der Waals surface area contributed by atoms with E-state index in [-0.39, 0.29) is 50.0 Å². The largest absolute Gasteiger partial charge is 0.462 e. The third kappa shape index (κ3) is 7.38. The summed E-state index contributed by atoms with van der Waals surface area (Å²) < 4.78 is 11.5. The van der Waals surface area contributed by atoms with Crippen molar-refractivity contribution in [1.29, 1.82) is 0 Å². The minimum atomic E-state index is -0.923. The van der Waals surface area contributed by atoms with Gasteiger partial charge in [-0.15, -0.1) is 0 Å². The maximum absolute atomic E-state index is 13.6. The Kier molecular flexibility index (Phi) is 10.3. The molecule has 2 aliphatic carbocycles. The summed E-state index contributed by atoms with van der Waals surface area (Å²) in [4.78, 5) is 55.0. The van der Waals surface area contributed by atoms with Gasteiger partial charge in [0.05, 0.1) is 24.1 Å². The van der Waals surface area contributed by atoms with Crippen molar-refractivity contribution in [3.05, 3.63) is 71.8 Å². The minimum Gasteiger partial charge on any atom is -0.462 e. The summed E-state index contributed by atoms with van der Waals surface area (Å²) in [6.07, 6.45) is 8.91. The van der Waals surface area contributed by atoms with Crippen molar-refractivity contribution in [2.45, 2.75) is 87.7 Å². The van der Waals surface area contributed by atoms with Crippen LogP contribution in [0.4, 0.5) is 4.79 Å². The van der Waals surface area contributed by atoms with Gasteiger partial charge in [0.1, 0.15) is 19.3 Å². The number of aliphatic hydroxyl groups is 1. The molecule has 6 rings (SSSR count). The van der Waals surface area contributed by atoms with Crippen LogP contribution in [0.5, 0.6) is 0 Å². The number of aliphatic hydroxyl groups excluding tert-OH is 1. The first kappa shape index (κ1) is 32.7. The summed E-state index contributed by atoms with van der Waals surface area (Å²) in [5.74, 6) is -1.61. The second kappa shape index (κ2) is 14.7. The number of fused-ring (bicyclic) bond motifs is 3. The molecule has 1 saturated carbocycles. The second-order valence-electron chi connectivity index (χ2n) is 13.4. The number of hydrogen-bond acceptors (Lipinski definition) is 7. The van der Waals surface area contributed by atoms with Gasteiger partial charge >= 0.3 is 12.1 Å². The van der Waals surface area contributed by atoms with E-state index in [2.05, 4.69) is 34.9 Å². The summed E-state index contributed by atoms with van der Waals surface area (Å²) in [6.45, 7) is 0.634. The molecular formula is C37H45N3O7. The summed E-state index contributed by atoms with van der Waals surface area (Å²) in [5.41, 5.74) is 3.75. The van der Waals surface area contributed by atoms with Crippen LogP contribution in [0.25, 0.3) is 11.1 Å². The fourth-order valence-corrected chi connectivity index (χ4v) is 7.67. The van der Waals surface area contributed by atoms with Crippen LogP contribution in [-0.2, 0) is 23.9 Å². The van der Waals surface area contributed by atoms with Gasteiger partial charge in [0.2, 0.25) is 11.8 Å². The van der Waals surface area contributed by atoms with Crippen LogP contribution >= 0.6 is 0 Å². The molecule has 3 amide bonds. The molecule has 250 valence electrons. The van der Waals surface area contributed by atoms with E-state index in [1.807, 2.05) is 36.4 Å². The van der Waals surface area contributed by atoms with E-state index < -0.39 is 29.6 Å². The number of benzene rings is 2. The predicted octanol–water partition coefficient (Wildman–Crippen LogP) is 4.60. The molecule has 2 aliphatic heterocycles. The van der Waals surface area contributed by atoms with Gasteiger partial charge in [-0.05, 0) is 67.2 Å². The summed E-state index contributed by atoms with van der Waals surface area (Å²) >= 11 is 0. The third-order valence-corrected chi connectivity index (χ3v) is 10.3. The van der Waals surface area contributed by atoms with E-state index in [0.29, 0.717) is 38.6 Å². The van der Waals surface area contributed by atoms with E-state index >= 15 is 0 Å². The van der Waals surface area contributed by atoms with Gasteiger partial charge in [-0.1, -0.05) is 73.5 Å². The molecule has 1 spiro atoms. The Morgan fingerprint density at radius 1 is 0.979 bits per heavy atom. The van der Waals surface area contributed by atoms with E-state index in [0.717, 1.165) is 47.9 Å². The lowest BCUT2D eigenvalue weighted by atomic mass is 9.94. The van der Waals surface area contributed by atoms with Gasteiger partial charge in [0.25, 0.3) is 0 Å². The molecule has 0 bridgehead atoms. The van der Waals surface area contributed by atoms with Crippen molar-refractivity contribution in [3.63, 3.8) is 0 Å². The number of carbonyl (C=O) groups is 4. The van der Waals surface area contributed by atoms with Crippen LogP contribution in [0.3, 0.4) is 0 Å². The summed E-state index contributed by atoms with van der Waals surface area (Å²) in [6, 6.07) is 15.1. The number of ether oxygens (including phenoxy) is 2. The van der Waals surface area contributed by atoms with Crippen molar-refractivity contribution >= 4 is 23.9 Å². The zero-order valence-electron chi connectivity index (χ0n) is 26.8. The van der Waals surface area contributed by atoms with E-state index in [9.17, 15) is 24.3 Å². The number of allylic oxidation sites excluding steroid dienone is 2. The average Bonchev–Trinajstić information content (AvgIpc) is 3.83. The minimum absolute atomic E-state index is 0.00670. The highest BCUT2D eigenvalue weighted by Gasteiger charge is 2.40. The molecule has 4 aliphatic rings. The van der Waals surface area contributed by atoms with Crippen LogP contribution in [-0.4, -0.2) is 77.9 Å². The molecule has 10 nitrogen and oxygen atoms in total. The normalized spacial score (nSPS) is 24.4. The molecule has 0 radical (unpaired) electrons. The van der Waals surface area contributed by atoms with E-state index in [1.165, 1.54) is 0 Å². The highest BCUT2D eigenvalue weighted by Crippen LogP contribution is 2.44. The SMILES string of the molecule is O=C(NC1CCC=CCC(CC(=O)N2CCCC2CO)C(=O)NC2(CCCC2)COC1=O)OCC1c2ccccc2-c2ccccc21. The molecule has 3 atom stereocenters. The van der Waals surface area contributed by atoms with Crippen LogP contribution in [0.1, 0.15) is 81.3 Å². The van der Waals surface area contributed by atoms with Gasteiger partial charge in [-0.25, -0.2) is 9.59 Å². The van der Waals surface area contributed by atoms with Gasteiger partial charge in [-0.2, -0.15) is 0 Å². The van der Waals surface area contributed by atoms with Crippen LogP contribution in [0.15, 0.2) is 60.7 Å². The number of alkyl carbamates (subject to hydrolysis) is 1. The first-order valence-electron chi connectivity index (χ1n) is 17.0. The first-order chi connectivity index (χ1) is 22.9. The molecule has 1 saturated heterocycles. The number of nitrogens with one attached hydrogen (secondary N) is 2. The van der Waals surface area contributed by atoms with Crippen molar-refractivity contribution in [2.75, 3.05) is 26.4 Å². The van der Waals surface area contributed by atoms with E-state index in [4.69, 9.17) is 9.47 Å². The molecule has 3 unspecified atom stereocenters. The molecule has 0 aromatic heterocycles. The predicted molar refractivity (Wildman–Crippen MR) is 175 cm³/mol. The Bertz CT molecular complexity index is 1450. The third-order valence-electron chi connectivity index (χ3n) is 10.3. The number of esters is 1. The fraction of sp³-hybridized carbons (Fsp3) is 0.514. The monoisotopic (exact) mass is 643 g/mol. The lowest BCUT2D eigenvalue weighted by molar-refractivity contribution is -0.149. The first-order valence-corrected chi connectivity index (χ1v) is 17.0. The topological polar surface area (TPSA) is 134 Å². The maximum atomic E-state index is 13.6. The van der Waals surface area contributed by atoms with Crippen LogP contribution in [0, 0.1) is 5.92 Å². The number of nitrogens with zero attached hydrogens (tertiary/aromatic N) is 1. The Morgan fingerprint density at radius 2 is 1.68 bits per heavy atom. The number of likely N-dealkylation sites (tertiary alicyclic amines) is 1.